The van der Waals surface area contributed by atoms with Crippen LogP contribution in [0.1, 0.15) is 20.8 Å². The molecule has 1 heterocycles. The molecular weight excluding hydrogens is 428 g/mol. The van der Waals surface area contributed by atoms with Gasteiger partial charge in [0.15, 0.2) is 0 Å². The Morgan fingerprint density at radius 1 is 0.903 bits per heavy atom. The molecule has 0 aliphatic rings. The molecule has 0 unspecified atom stereocenters. The minimum atomic E-state index is -3.48. The highest BCUT2D eigenvalue weighted by atomic mass is 32.2. The lowest BCUT2D eigenvalue weighted by Crippen LogP contribution is -2.29. The number of rotatable bonds is 7. The summed E-state index contributed by atoms with van der Waals surface area (Å²) in [7, 11) is -3.48. The number of nitrogens with one attached hydrogen (secondary N) is 1. The monoisotopic (exact) mass is 450 g/mol. The molecule has 0 spiro atoms. The predicted octanol–water partition coefficient (Wildman–Crippen LogP) is 4.80. The third-order valence-corrected chi connectivity index (χ3v) is 7.13. The van der Waals surface area contributed by atoms with Crippen LogP contribution in [0.3, 0.4) is 0 Å². The number of hydrogen-bond donors (Lipinski definition) is 1. The molecule has 0 fully saturated rings. The molecule has 4 aromatic rings. The third kappa shape index (κ3) is 5.13. The topological polar surface area (TPSA) is 66.5 Å². The molecule has 158 valence electrons. The smallest absolute Gasteiger partial charge is 0.261 e. The van der Waals surface area contributed by atoms with Crippen LogP contribution in [-0.2, 0) is 23.1 Å². The summed E-state index contributed by atoms with van der Waals surface area (Å²) in [5.74, 6) is -0.143. The normalized spacial score (nSPS) is 11.4. The molecule has 7 heteroatoms. The molecule has 0 aliphatic heterocycles. The van der Waals surface area contributed by atoms with Crippen molar-refractivity contribution in [1.82, 2.24) is 5.32 Å². The van der Waals surface area contributed by atoms with Crippen molar-refractivity contribution in [3.63, 3.8) is 0 Å². The summed E-state index contributed by atoms with van der Waals surface area (Å²) in [6.07, 6.45) is 1.20. The summed E-state index contributed by atoms with van der Waals surface area (Å²) in [4.78, 5) is 13.2. The number of sulfonamides is 1. The van der Waals surface area contributed by atoms with Gasteiger partial charge in [-0.3, -0.25) is 9.10 Å². The van der Waals surface area contributed by atoms with Gasteiger partial charge in [-0.25, -0.2) is 8.42 Å². The molecular formula is C24H22N2O3S2. The lowest BCUT2D eigenvalue weighted by molar-refractivity contribution is 0.0955. The molecule has 0 bridgehead atoms. The van der Waals surface area contributed by atoms with Crippen molar-refractivity contribution in [3.8, 4) is 0 Å². The van der Waals surface area contributed by atoms with Gasteiger partial charge < -0.3 is 5.32 Å². The van der Waals surface area contributed by atoms with Crippen LogP contribution in [0.15, 0.2) is 84.9 Å². The first kappa shape index (κ1) is 21.1. The third-order valence-electron chi connectivity index (χ3n) is 4.88. The Morgan fingerprint density at radius 3 is 2.19 bits per heavy atom. The fourth-order valence-corrected chi connectivity index (χ4v) is 5.15. The maximum atomic E-state index is 12.6. The van der Waals surface area contributed by atoms with Crippen molar-refractivity contribution >= 4 is 43.0 Å². The summed E-state index contributed by atoms with van der Waals surface area (Å²) in [6.45, 7) is 0.706. The summed E-state index contributed by atoms with van der Waals surface area (Å²) < 4.78 is 27.3. The molecule has 0 saturated heterocycles. The minimum absolute atomic E-state index is 0.143. The van der Waals surface area contributed by atoms with E-state index in [1.165, 1.54) is 21.9 Å². The first-order chi connectivity index (χ1) is 14.9. The van der Waals surface area contributed by atoms with Crippen LogP contribution in [0.25, 0.3) is 10.1 Å². The van der Waals surface area contributed by atoms with Crippen LogP contribution in [0.5, 0.6) is 0 Å². The van der Waals surface area contributed by atoms with Gasteiger partial charge in [-0.05, 0) is 40.8 Å². The minimum Gasteiger partial charge on any atom is -0.347 e. The van der Waals surface area contributed by atoms with Crippen molar-refractivity contribution in [2.24, 2.45) is 0 Å². The van der Waals surface area contributed by atoms with Gasteiger partial charge in [0.25, 0.3) is 5.91 Å². The number of fused-ring (bicyclic) bond motifs is 1. The van der Waals surface area contributed by atoms with Crippen molar-refractivity contribution in [3.05, 3.63) is 101 Å². The molecule has 0 radical (unpaired) electrons. The number of anilines is 1. The van der Waals surface area contributed by atoms with E-state index in [-0.39, 0.29) is 12.5 Å². The predicted molar refractivity (Wildman–Crippen MR) is 127 cm³/mol. The molecule has 1 N–H and O–H groups in total. The zero-order chi connectivity index (χ0) is 21.8. The Balaban J connectivity index is 1.57. The van der Waals surface area contributed by atoms with Crippen LogP contribution >= 0.6 is 11.3 Å². The number of thiophene rings is 1. The number of nitrogens with zero attached hydrogens (tertiary/aromatic N) is 1. The van der Waals surface area contributed by atoms with E-state index in [9.17, 15) is 13.2 Å². The summed E-state index contributed by atoms with van der Waals surface area (Å²) in [6, 6.07) is 26.5. The maximum Gasteiger partial charge on any atom is 0.261 e. The van der Waals surface area contributed by atoms with E-state index >= 15 is 0 Å². The van der Waals surface area contributed by atoms with E-state index in [1.54, 1.807) is 6.07 Å². The molecule has 1 aromatic heterocycles. The highest BCUT2D eigenvalue weighted by Crippen LogP contribution is 2.31. The van der Waals surface area contributed by atoms with Gasteiger partial charge in [0, 0.05) is 11.2 Å². The Kier molecular flexibility index (Phi) is 6.06. The van der Waals surface area contributed by atoms with Crippen LogP contribution in [0.2, 0.25) is 0 Å². The second-order valence-electron chi connectivity index (χ2n) is 7.26. The van der Waals surface area contributed by atoms with E-state index in [0.29, 0.717) is 17.1 Å². The van der Waals surface area contributed by atoms with Crippen molar-refractivity contribution < 1.29 is 13.2 Å². The van der Waals surface area contributed by atoms with E-state index < -0.39 is 10.0 Å². The molecule has 0 aliphatic carbocycles. The number of carbonyl (C=O) groups excluding carboxylic acids is 1. The van der Waals surface area contributed by atoms with Crippen LogP contribution in [-0.4, -0.2) is 20.6 Å². The first-order valence-corrected chi connectivity index (χ1v) is 12.4. The maximum absolute atomic E-state index is 12.6. The van der Waals surface area contributed by atoms with Gasteiger partial charge in [-0.15, -0.1) is 11.3 Å². The fourth-order valence-electron chi connectivity index (χ4n) is 3.31. The number of amides is 1. The second kappa shape index (κ2) is 8.91. The Bertz CT molecular complexity index is 1300. The second-order valence-corrected chi connectivity index (χ2v) is 10.2. The largest absolute Gasteiger partial charge is 0.347 e. The molecule has 5 nitrogen and oxygen atoms in total. The van der Waals surface area contributed by atoms with Crippen molar-refractivity contribution in [2.45, 2.75) is 13.1 Å². The summed E-state index contributed by atoms with van der Waals surface area (Å²) in [5, 5.41) is 3.78. The summed E-state index contributed by atoms with van der Waals surface area (Å²) in [5.41, 5.74) is 2.51. The van der Waals surface area contributed by atoms with Crippen molar-refractivity contribution in [1.29, 1.82) is 0 Å². The molecule has 3 aromatic carbocycles. The van der Waals surface area contributed by atoms with Gasteiger partial charge >= 0.3 is 0 Å². The van der Waals surface area contributed by atoms with Crippen LogP contribution < -0.4 is 9.62 Å². The number of benzene rings is 3. The lowest BCUT2D eigenvalue weighted by atomic mass is 10.2. The standard InChI is InChI=1S/C24H22N2O3S2/c1-31(28,29)26(17-19-10-6-3-7-11-19)21-12-13-22-20(14-21)15-23(30-22)24(27)25-16-18-8-4-2-5-9-18/h2-15H,16-17H2,1H3,(H,25,27). The Hall–Kier alpha value is -3.16. The average molecular weight is 451 g/mol. The molecule has 1 amide bonds. The number of hydrogen-bond acceptors (Lipinski definition) is 4. The number of carbonyl (C=O) groups is 1. The van der Waals surface area contributed by atoms with Crippen LogP contribution in [0, 0.1) is 0 Å². The highest BCUT2D eigenvalue weighted by Gasteiger charge is 2.19. The van der Waals surface area contributed by atoms with Gasteiger partial charge in [0.1, 0.15) is 0 Å². The first-order valence-electron chi connectivity index (χ1n) is 9.77. The lowest BCUT2D eigenvalue weighted by Gasteiger charge is -2.22. The van der Waals surface area contributed by atoms with Gasteiger partial charge in [0.05, 0.1) is 23.4 Å². The average Bonchev–Trinajstić information content (AvgIpc) is 3.20. The van der Waals surface area contributed by atoms with E-state index in [1.807, 2.05) is 78.9 Å². The van der Waals surface area contributed by atoms with Gasteiger partial charge in [-0.1, -0.05) is 60.7 Å². The zero-order valence-corrected chi connectivity index (χ0v) is 18.6. The molecule has 0 atom stereocenters. The van der Waals surface area contributed by atoms with Crippen LogP contribution in [0.4, 0.5) is 5.69 Å². The highest BCUT2D eigenvalue weighted by molar-refractivity contribution is 7.92. The van der Waals surface area contributed by atoms with Crippen molar-refractivity contribution in [2.75, 3.05) is 10.6 Å². The quantitative estimate of drug-likeness (QED) is 0.440. The van der Waals surface area contributed by atoms with E-state index in [0.717, 1.165) is 21.2 Å². The Labute approximate surface area is 186 Å². The Morgan fingerprint density at radius 2 is 1.55 bits per heavy atom. The van der Waals surface area contributed by atoms with E-state index in [2.05, 4.69) is 5.32 Å². The fraction of sp³-hybridized carbons (Fsp3) is 0.125. The zero-order valence-electron chi connectivity index (χ0n) is 17.0. The summed E-state index contributed by atoms with van der Waals surface area (Å²) >= 11 is 1.39. The molecule has 4 rings (SSSR count). The SMILES string of the molecule is CS(=O)(=O)N(Cc1ccccc1)c1ccc2sc(C(=O)NCc3ccccc3)cc2c1. The van der Waals surface area contributed by atoms with E-state index in [4.69, 9.17) is 0 Å². The molecule has 31 heavy (non-hydrogen) atoms. The van der Waals surface area contributed by atoms with Gasteiger partial charge in [-0.2, -0.15) is 0 Å². The van der Waals surface area contributed by atoms with Gasteiger partial charge in [0.2, 0.25) is 10.0 Å². The molecule has 0 saturated carbocycles.